The number of thioether (sulfide) groups is 1. The number of aryl methyl sites for hydroxylation is 1. The van der Waals surface area contributed by atoms with Gasteiger partial charge in [-0.2, -0.15) is 5.10 Å². The number of amidine groups is 1. The number of hydrogen-bond donors (Lipinski definition) is 2. The fraction of sp³-hybridized carbons (Fsp3) is 0.464. The quantitative estimate of drug-likeness (QED) is 0.594. The zero-order valence-electron chi connectivity index (χ0n) is 21.5. The summed E-state index contributed by atoms with van der Waals surface area (Å²) in [6.45, 7) is 6.43. The first-order valence-electron chi connectivity index (χ1n) is 13.0. The van der Waals surface area contributed by atoms with Gasteiger partial charge in [-0.05, 0) is 57.2 Å². The van der Waals surface area contributed by atoms with Crippen molar-refractivity contribution in [3.05, 3.63) is 71.0 Å². The number of nitrogens with one attached hydrogen (secondary N) is 2. The Labute approximate surface area is 221 Å². The highest BCUT2D eigenvalue weighted by molar-refractivity contribution is 8.13. The molecule has 37 heavy (non-hydrogen) atoms. The van der Waals surface area contributed by atoms with Crippen molar-refractivity contribution < 1.29 is 14.0 Å². The number of hydrogen-bond acceptors (Lipinski definition) is 6. The second-order valence-corrected chi connectivity index (χ2v) is 11.4. The van der Waals surface area contributed by atoms with E-state index in [0.717, 1.165) is 10.7 Å². The Bertz CT molecular complexity index is 1190. The van der Waals surface area contributed by atoms with E-state index in [9.17, 15) is 14.0 Å². The summed E-state index contributed by atoms with van der Waals surface area (Å²) < 4.78 is 14.3. The number of hydrazone groups is 1. The normalized spacial score (nSPS) is 24.9. The molecular weight excluding hydrogens is 489 g/mol. The highest BCUT2D eigenvalue weighted by Gasteiger charge is 2.53. The first-order valence-corrected chi connectivity index (χ1v) is 13.9. The van der Waals surface area contributed by atoms with Gasteiger partial charge < -0.3 is 10.2 Å². The summed E-state index contributed by atoms with van der Waals surface area (Å²) in [5.74, 6) is -0.0458. The SMILES string of the molecule is Cc1ccc(CN2C(=O)C3CCC(C(=O)NC(C)C)CC3N3C(SCc4ccccc4F)=NNC23)cc1. The third kappa shape index (κ3) is 5.32. The molecule has 9 heteroatoms. The molecule has 0 aromatic heterocycles. The van der Waals surface area contributed by atoms with Crippen molar-refractivity contribution in [1.29, 1.82) is 0 Å². The smallest absolute Gasteiger partial charge is 0.231 e. The first-order chi connectivity index (χ1) is 17.8. The molecule has 2 N–H and O–H groups in total. The van der Waals surface area contributed by atoms with Crippen LogP contribution in [0.5, 0.6) is 0 Å². The van der Waals surface area contributed by atoms with Gasteiger partial charge in [0.15, 0.2) is 11.5 Å². The van der Waals surface area contributed by atoms with Crippen LogP contribution in [0.2, 0.25) is 0 Å². The number of rotatable bonds is 6. The predicted octanol–water partition coefficient (Wildman–Crippen LogP) is 4.18. The number of amides is 2. The molecule has 2 aliphatic heterocycles. The van der Waals surface area contributed by atoms with Crippen LogP contribution < -0.4 is 10.7 Å². The van der Waals surface area contributed by atoms with Crippen molar-refractivity contribution in [3.8, 4) is 0 Å². The topological polar surface area (TPSA) is 77.0 Å². The summed E-state index contributed by atoms with van der Waals surface area (Å²) in [5, 5.41) is 8.39. The van der Waals surface area contributed by atoms with Crippen molar-refractivity contribution in [2.24, 2.45) is 16.9 Å². The van der Waals surface area contributed by atoms with E-state index in [1.165, 1.54) is 23.4 Å². The summed E-state index contributed by atoms with van der Waals surface area (Å²) in [6, 6.07) is 14.9. The molecule has 3 aliphatic rings. The summed E-state index contributed by atoms with van der Waals surface area (Å²) in [6.07, 6.45) is 1.48. The molecule has 4 unspecified atom stereocenters. The van der Waals surface area contributed by atoms with Crippen LogP contribution in [-0.4, -0.2) is 45.2 Å². The number of fused-ring (bicyclic) bond motifs is 3. The molecule has 0 radical (unpaired) electrons. The molecule has 5 rings (SSSR count). The van der Waals surface area contributed by atoms with Crippen molar-refractivity contribution in [2.45, 2.75) is 70.7 Å². The molecule has 1 saturated heterocycles. The molecule has 0 spiro atoms. The molecule has 2 aromatic rings. The van der Waals surface area contributed by atoms with Crippen LogP contribution >= 0.6 is 11.8 Å². The Kier molecular flexibility index (Phi) is 7.42. The molecule has 2 fully saturated rings. The molecule has 1 aliphatic carbocycles. The fourth-order valence-electron chi connectivity index (χ4n) is 5.52. The van der Waals surface area contributed by atoms with Gasteiger partial charge in [0.2, 0.25) is 11.8 Å². The van der Waals surface area contributed by atoms with E-state index >= 15 is 0 Å². The van der Waals surface area contributed by atoms with E-state index in [1.807, 2.05) is 31.7 Å². The fourth-order valence-corrected chi connectivity index (χ4v) is 6.54. The Hall–Kier alpha value is -3.07. The number of carbonyl (C=O) groups excluding carboxylic acids is 2. The Morgan fingerprint density at radius 2 is 1.95 bits per heavy atom. The zero-order chi connectivity index (χ0) is 26.1. The molecule has 196 valence electrons. The van der Waals surface area contributed by atoms with Gasteiger partial charge in [-0.15, -0.1) is 0 Å². The van der Waals surface area contributed by atoms with Gasteiger partial charge in [0.05, 0.1) is 5.92 Å². The number of nitrogens with zero attached hydrogens (tertiary/aromatic N) is 3. The monoisotopic (exact) mass is 523 g/mol. The lowest BCUT2D eigenvalue weighted by Crippen LogP contribution is -2.67. The Morgan fingerprint density at radius 1 is 1.19 bits per heavy atom. The van der Waals surface area contributed by atoms with Gasteiger partial charge in [0.25, 0.3) is 0 Å². The number of halogens is 1. The highest BCUT2D eigenvalue weighted by Crippen LogP contribution is 2.42. The lowest BCUT2D eigenvalue weighted by atomic mass is 9.75. The van der Waals surface area contributed by atoms with Gasteiger partial charge in [-0.25, -0.2) is 4.39 Å². The predicted molar refractivity (Wildman–Crippen MR) is 144 cm³/mol. The molecule has 1 saturated carbocycles. The minimum absolute atomic E-state index is 0.0455. The minimum Gasteiger partial charge on any atom is -0.354 e. The summed E-state index contributed by atoms with van der Waals surface area (Å²) in [4.78, 5) is 30.7. The molecule has 4 atom stereocenters. The van der Waals surface area contributed by atoms with Gasteiger partial charge in [-0.3, -0.25) is 19.9 Å². The third-order valence-corrected chi connectivity index (χ3v) is 8.43. The highest BCUT2D eigenvalue weighted by atomic mass is 32.2. The average molecular weight is 524 g/mol. The van der Waals surface area contributed by atoms with Crippen molar-refractivity contribution in [1.82, 2.24) is 20.5 Å². The van der Waals surface area contributed by atoms with Crippen LogP contribution in [-0.2, 0) is 21.9 Å². The lowest BCUT2D eigenvalue weighted by molar-refractivity contribution is -0.159. The van der Waals surface area contributed by atoms with Gasteiger partial charge in [0, 0.05) is 30.3 Å². The second-order valence-electron chi connectivity index (χ2n) is 10.5. The second kappa shape index (κ2) is 10.7. The maximum Gasteiger partial charge on any atom is 0.231 e. The molecule has 2 amide bonds. The number of benzene rings is 2. The summed E-state index contributed by atoms with van der Waals surface area (Å²) >= 11 is 1.46. The average Bonchev–Trinajstić information content (AvgIpc) is 3.30. The molecule has 2 heterocycles. The number of carbonyl (C=O) groups is 2. The van der Waals surface area contributed by atoms with Crippen molar-refractivity contribution in [3.63, 3.8) is 0 Å². The molecular formula is C28H34FN5O2S. The largest absolute Gasteiger partial charge is 0.354 e. The van der Waals surface area contributed by atoms with Crippen LogP contribution in [0.4, 0.5) is 4.39 Å². The van der Waals surface area contributed by atoms with Crippen molar-refractivity contribution in [2.75, 3.05) is 0 Å². The Morgan fingerprint density at radius 3 is 2.68 bits per heavy atom. The van der Waals surface area contributed by atoms with E-state index in [0.29, 0.717) is 37.1 Å². The summed E-state index contributed by atoms with van der Waals surface area (Å²) in [5.41, 5.74) is 6.02. The molecule has 2 aromatic carbocycles. The van der Waals surface area contributed by atoms with Gasteiger partial charge >= 0.3 is 0 Å². The third-order valence-electron chi connectivity index (χ3n) is 7.42. The van der Waals surface area contributed by atoms with Crippen LogP contribution in [0.15, 0.2) is 53.6 Å². The maximum absolute atomic E-state index is 14.3. The van der Waals surface area contributed by atoms with E-state index in [1.54, 1.807) is 12.1 Å². The minimum atomic E-state index is -0.440. The van der Waals surface area contributed by atoms with Crippen LogP contribution in [0, 0.1) is 24.6 Å². The van der Waals surface area contributed by atoms with E-state index in [2.05, 4.69) is 45.0 Å². The van der Waals surface area contributed by atoms with E-state index in [-0.39, 0.29) is 41.6 Å². The molecule has 7 nitrogen and oxygen atoms in total. The lowest BCUT2D eigenvalue weighted by Gasteiger charge is -2.51. The first kappa shape index (κ1) is 25.6. The standard InChI is InChI=1S/C28H34FN5O2S/c1-17(2)30-25(35)20-12-13-22-24(14-20)34-27(33(26(22)36)15-19-10-8-18(3)9-11-19)31-32-28(34)37-16-21-6-4-5-7-23(21)29/h4-11,17,20,22,24,27,31H,12-16H2,1-3H3,(H,30,35). The van der Waals surface area contributed by atoms with Crippen LogP contribution in [0.3, 0.4) is 0 Å². The van der Waals surface area contributed by atoms with Crippen LogP contribution in [0.25, 0.3) is 0 Å². The Balaban J connectivity index is 1.40. The van der Waals surface area contributed by atoms with E-state index in [4.69, 9.17) is 0 Å². The summed E-state index contributed by atoms with van der Waals surface area (Å²) in [7, 11) is 0. The van der Waals surface area contributed by atoms with Crippen LogP contribution in [0.1, 0.15) is 49.8 Å². The maximum atomic E-state index is 14.3. The van der Waals surface area contributed by atoms with Gasteiger partial charge in [0.1, 0.15) is 5.82 Å². The van der Waals surface area contributed by atoms with Crippen molar-refractivity contribution >= 4 is 28.7 Å². The zero-order valence-corrected chi connectivity index (χ0v) is 22.3. The van der Waals surface area contributed by atoms with E-state index < -0.39 is 6.29 Å². The molecule has 0 bridgehead atoms. The van der Waals surface area contributed by atoms with Gasteiger partial charge in [-0.1, -0.05) is 59.8 Å².